The number of ether oxygens (including phenoxy) is 2. The standard InChI is InChI=1S/C40H77NO2/c1-5-7-9-11-13-15-17-19-21-23-25-27-29-31-33-35-40(42-38-39(43-40)37-41(3)4)36-34-32-30-28-26-24-22-20-18-16-14-12-10-8-6-2/h17-20,39H,5-16,21-38H2,1-4H3/b19-17-,20-18-/t39-/m0/s1. The van der Waals surface area contributed by atoms with Crippen molar-refractivity contribution in [1.29, 1.82) is 0 Å². The van der Waals surface area contributed by atoms with E-state index in [1.54, 1.807) is 0 Å². The Labute approximate surface area is 271 Å². The van der Waals surface area contributed by atoms with Crippen molar-refractivity contribution in [3.63, 3.8) is 0 Å². The monoisotopic (exact) mass is 604 g/mol. The Morgan fingerprint density at radius 2 is 0.860 bits per heavy atom. The summed E-state index contributed by atoms with van der Waals surface area (Å²) in [4.78, 5) is 2.23. The summed E-state index contributed by atoms with van der Waals surface area (Å²) < 4.78 is 13.0. The molecule has 1 rings (SSSR count). The third-order valence-corrected chi connectivity index (χ3v) is 9.12. The highest BCUT2D eigenvalue weighted by Crippen LogP contribution is 2.35. The normalized spacial score (nSPS) is 16.9. The predicted molar refractivity (Wildman–Crippen MR) is 191 cm³/mol. The number of allylic oxidation sites excluding steroid dienone is 4. The van der Waals surface area contributed by atoms with Crippen molar-refractivity contribution in [2.75, 3.05) is 27.2 Å². The van der Waals surface area contributed by atoms with Gasteiger partial charge in [0.2, 0.25) is 0 Å². The summed E-state index contributed by atoms with van der Waals surface area (Å²) in [5, 5.41) is 0. The molecule has 0 bridgehead atoms. The predicted octanol–water partition coefficient (Wildman–Crippen LogP) is 12.7. The molecule has 1 heterocycles. The molecule has 0 radical (unpaired) electrons. The first kappa shape index (κ1) is 40.4. The van der Waals surface area contributed by atoms with Crippen LogP contribution >= 0.6 is 0 Å². The van der Waals surface area contributed by atoms with Gasteiger partial charge in [0, 0.05) is 19.4 Å². The van der Waals surface area contributed by atoms with Crippen molar-refractivity contribution < 1.29 is 9.47 Å². The minimum atomic E-state index is -0.316. The molecule has 0 amide bonds. The zero-order valence-corrected chi connectivity index (χ0v) is 29.9. The molecule has 0 aromatic rings. The summed E-state index contributed by atoms with van der Waals surface area (Å²) in [5.41, 5.74) is 0. The fourth-order valence-corrected chi connectivity index (χ4v) is 6.43. The summed E-state index contributed by atoms with van der Waals surface area (Å²) in [6.07, 6.45) is 47.0. The molecule has 0 aromatic carbocycles. The number of hydrogen-bond donors (Lipinski definition) is 0. The molecule has 1 atom stereocenters. The molecule has 1 fully saturated rings. The van der Waals surface area contributed by atoms with Crippen LogP contribution in [0.3, 0.4) is 0 Å². The number of rotatable bonds is 32. The zero-order chi connectivity index (χ0) is 31.1. The first-order chi connectivity index (χ1) is 21.1. The second kappa shape index (κ2) is 30.0. The highest BCUT2D eigenvalue weighted by Gasteiger charge is 2.40. The molecule has 3 nitrogen and oxygen atoms in total. The Balaban J connectivity index is 2.11. The average Bonchev–Trinajstić information content (AvgIpc) is 3.38. The van der Waals surface area contributed by atoms with E-state index in [9.17, 15) is 0 Å². The van der Waals surface area contributed by atoms with Gasteiger partial charge in [-0.15, -0.1) is 0 Å². The van der Waals surface area contributed by atoms with E-state index in [1.165, 1.54) is 167 Å². The van der Waals surface area contributed by atoms with E-state index < -0.39 is 0 Å². The molecule has 1 aliphatic rings. The van der Waals surface area contributed by atoms with Gasteiger partial charge in [-0.2, -0.15) is 0 Å². The maximum absolute atomic E-state index is 6.62. The Morgan fingerprint density at radius 1 is 0.512 bits per heavy atom. The molecule has 0 spiro atoms. The molecule has 0 aromatic heterocycles. The molecule has 0 unspecified atom stereocenters. The minimum Gasteiger partial charge on any atom is -0.347 e. The van der Waals surface area contributed by atoms with Gasteiger partial charge in [-0.05, 0) is 78.3 Å². The van der Waals surface area contributed by atoms with Gasteiger partial charge in [0.1, 0.15) is 0 Å². The molecular formula is C40H77NO2. The minimum absolute atomic E-state index is 0.226. The molecule has 254 valence electrons. The van der Waals surface area contributed by atoms with Crippen LogP contribution in [0.1, 0.15) is 194 Å². The topological polar surface area (TPSA) is 21.7 Å². The van der Waals surface area contributed by atoms with Crippen LogP contribution in [-0.2, 0) is 9.47 Å². The third-order valence-electron chi connectivity index (χ3n) is 9.12. The van der Waals surface area contributed by atoms with E-state index in [0.717, 1.165) is 26.0 Å². The van der Waals surface area contributed by atoms with Crippen molar-refractivity contribution in [2.45, 2.75) is 206 Å². The lowest BCUT2D eigenvalue weighted by molar-refractivity contribution is -0.180. The summed E-state index contributed by atoms with van der Waals surface area (Å²) in [5.74, 6) is -0.316. The Morgan fingerprint density at radius 3 is 1.23 bits per heavy atom. The highest BCUT2D eigenvalue weighted by molar-refractivity contribution is 4.83. The zero-order valence-electron chi connectivity index (χ0n) is 29.9. The summed E-state index contributed by atoms with van der Waals surface area (Å²) in [6, 6.07) is 0. The van der Waals surface area contributed by atoms with Crippen molar-refractivity contribution in [1.82, 2.24) is 4.90 Å². The number of likely N-dealkylation sites (N-methyl/N-ethyl adjacent to an activating group) is 1. The largest absolute Gasteiger partial charge is 0.347 e. The second-order valence-corrected chi connectivity index (χ2v) is 13.9. The maximum Gasteiger partial charge on any atom is 0.168 e. The van der Waals surface area contributed by atoms with E-state index in [4.69, 9.17) is 9.47 Å². The lowest BCUT2D eigenvalue weighted by Gasteiger charge is -2.29. The molecule has 43 heavy (non-hydrogen) atoms. The van der Waals surface area contributed by atoms with Crippen LogP contribution in [-0.4, -0.2) is 44.0 Å². The molecule has 1 aliphatic heterocycles. The third kappa shape index (κ3) is 25.3. The quantitative estimate of drug-likeness (QED) is 0.0564. The van der Waals surface area contributed by atoms with Crippen molar-refractivity contribution in [3.8, 4) is 0 Å². The van der Waals surface area contributed by atoms with Crippen LogP contribution < -0.4 is 0 Å². The van der Waals surface area contributed by atoms with Gasteiger partial charge in [0.25, 0.3) is 0 Å². The molecule has 0 aliphatic carbocycles. The molecular weight excluding hydrogens is 526 g/mol. The smallest absolute Gasteiger partial charge is 0.168 e. The maximum atomic E-state index is 6.62. The van der Waals surface area contributed by atoms with Crippen LogP contribution in [0.15, 0.2) is 24.3 Å². The van der Waals surface area contributed by atoms with Crippen molar-refractivity contribution >= 4 is 0 Å². The number of nitrogens with zero attached hydrogens (tertiary/aromatic N) is 1. The van der Waals surface area contributed by atoms with Gasteiger partial charge in [-0.1, -0.05) is 141 Å². The van der Waals surface area contributed by atoms with Gasteiger partial charge in [0.15, 0.2) is 5.79 Å². The fraction of sp³-hybridized carbons (Fsp3) is 0.900. The van der Waals surface area contributed by atoms with Crippen LogP contribution in [0.4, 0.5) is 0 Å². The highest BCUT2D eigenvalue weighted by atomic mass is 16.7. The van der Waals surface area contributed by atoms with Crippen molar-refractivity contribution in [3.05, 3.63) is 24.3 Å². The van der Waals surface area contributed by atoms with Crippen molar-refractivity contribution in [2.24, 2.45) is 0 Å². The second-order valence-electron chi connectivity index (χ2n) is 13.9. The van der Waals surface area contributed by atoms with E-state index in [0.29, 0.717) is 0 Å². The summed E-state index contributed by atoms with van der Waals surface area (Å²) >= 11 is 0. The van der Waals surface area contributed by atoms with Gasteiger partial charge in [-0.25, -0.2) is 0 Å². The fourth-order valence-electron chi connectivity index (χ4n) is 6.43. The number of hydrogen-bond acceptors (Lipinski definition) is 3. The Hall–Kier alpha value is -0.640. The SMILES string of the molecule is CCCCCCC/C=C\CCCCCCCCC1(CCCCCCCC/C=C\CCCCCCC)OC[C@H](CN(C)C)O1. The van der Waals surface area contributed by atoms with E-state index in [1.807, 2.05) is 0 Å². The van der Waals surface area contributed by atoms with Gasteiger partial charge < -0.3 is 14.4 Å². The molecule has 3 heteroatoms. The Kier molecular flexibility index (Phi) is 28.2. The summed E-state index contributed by atoms with van der Waals surface area (Å²) in [7, 11) is 4.27. The van der Waals surface area contributed by atoms with E-state index >= 15 is 0 Å². The Bertz CT molecular complexity index is 588. The lowest BCUT2D eigenvalue weighted by atomic mass is 9.98. The summed E-state index contributed by atoms with van der Waals surface area (Å²) in [6.45, 7) is 6.30. The van der Waals surface area contributed by atoms with Gasteiger partial charge in [-0.3, -0.25) is 0 Å². The van der Waals surface area contributed by atoms with Crippen LogP contribution in [0.25, 0.3) is 0 Å². The molecule has 1 saturated heterocycles. The van der Waals surface area contributed by atoms with Crippen LogP contribution in [0.5, 0.6) is 0 Å². The van der Waals surface area contributed by atoms with Gasteiger partial charge >= 0.3 is 0 Å². The van der Waals surface area contributed by atoms with Gasteiger partial charge in [0.05, 0.1) is 12.7 Å². The van der Waals surface area contributed by atoms with Crippen LogP contribution in [0.2, 0.25) is 0 Å². The van der Waals surface area contributed by atoms with Crippen LogP contribution in [0, 0.1) is 0 Å². The molecule has 0 N–H and O–H groups in total. The first-order valence-corrected chi connectivity index (χ1v) is 19.4. The first-order valence-electron chi connectivity index (χ1n) is 19.4. The number of unbranched alkanes of at least 4 members (excludes halogenated alkanes) is 22. The van der Waals surface area contributed by atoms with E-state index in [-0.39, 0.29) is 11.9 Å². The average molecular weight is 604 g/mol. The molecule has 0 saturated carbocycles. The van der Waals surface area contributed by atoms with E-state index in [2.05, 4.69) is 57.1 Å². The lowest BCUT2D eigenvalue weighted by Crippen LogP contribution is -2.33.